The Kier molecular flexibility index (Phi) is 7.61. The van der Waals surface area contributed by atoms with Gasteiger partial charge in [0.05, 0.1) is 5.56 Å². The lowest BCUT2D eigenvalue weighted by atomic mass is 9.98. The van der Waals surface area contributed by atoms with Crippen molar-refractivity contribution in [3.63, 3.8) is 0 Å². The number of halogens is 5. The Bertz CT molecular complexity index is 1350. The van der Waals surface area contributed by atoms with E-state index in [1.54, 1.807) is 6.92 Å². The smallest absolute Gasteiger partial charge is 0.416 e. The molecule has 3 rings (SSSR count). The van der Waals surface area contributed by atoms with E-state index in [9.17, 15) is 30.8 Å². The Balaban J connectivity index is 1.89. The molecule has 0 saturated heterocycles. The number of primary amides is 1. The first kappa shape index (κ1) is 26.3. The predicted octanol–water partition coefficient (Wildman–Crippen LogP) is 5.33. The molecule has 1 amide bonds. The van der Waals surface area contributed by atoms with Crippen LogP contribution in [0.5, 0.6) is 11.5 Å². The van der Waals surface area contributed by atoms with Crippen molar-refractivity contribution in [2.24, 2.45) is 5.73 Å². The molecule has 3 aromatic carbocycles. The number of nitrogens with two attached hydrogens (primary N) is 1. The van der Waals surface area contributed by atoms with Gasteiger partial charge >= 0.3 is 6.18 Å². The van der Waals surface area contributed by atoms with Crippen molar-refractivity contribution >= 4 is 25.6 Å². The minimum atomic E-state index is -4.51. The second kappa shape index (κ2) is 10.1. The third-order valence-electron chi connectivity index (χ3n) is 4.84. The summed E-state index contributed by atoms with van der Waals surface area (Å²) in [6, 6.07) is 12.1. The fraction of sp³-hybridized carbons (Fsp3) is 0.174. The van der Waals surface area contributed by atoms with Crippen LogP contribution < -0.4 is 15.2 Å². The Hall–Kier alpha value is -3.31. The van der Waals surface area contributed by atoms with E-state index in [0.29, 0.717) is 16.7 Å². The standard InChI is InChI=1S/C23H18ClF4NO5S/c1-13-10-17(7-9-20(13)33-12-35(24,31)32)34-21(22(29)30)18-11-15(4-8-19(18)25)14-2-5-16(6-3-14)23(26,27)28/h2-11,21H,12H2,1H3,(H2,29,30). The van der Waals surface area contributed by atoms with Gasteiger partial charge in [0.15, 0.2) is 0 Å². The number of ether oxygens (including phenoxy) is 2. The topological polar surface area (TPSA) is 95.7 Å². The quantitative estimate of drug-likeness (QED) is 0.313. The van der Waals surface area contributed by atoms with E-state index in [2.05, 4.69) is 0 Å². The summed E-state index contributed by atoms with van der Waals surface area (Å²) in [4.78, 5) is 12.1. The molecule has 12 heteroatoms. The molecule has 35 heavy (non-hydrogen) atoms. The van der Waals surface area contributed by atoms with Gasteiger partial charge in [0, 0.05) is 16.2 Å². The fourth-order valence-electron chi connectivity index (χ4n) is 3.18. The fourth-order valence-corrected chi connectivity index (χ4v) is 3.58. The average Bonchev–Trinajstić information content (AvgIpc) is 2.76. The van der Waals surface area contributed by atoms with E-state index < -0.39 is 44.6 Å². The van der Waals surface area contributed by atoms with E-state index >= 15 is 0 Å². The molecular formula is C23H18ClF4NO5S. The molecular weight excluding hydrogens is 514 g/mol. The van der Waals surface area contributed by atoms with Crippen molar-refractivity contribution in [1.82, 2.24) is 0 Å². The van der Waals surface area contributed by atoms with Crippen molar-refractivity contribution in [3.8, 4) is 22.6 Å². The van der Waals surface area contributed by atoms with Gasteiger partial charge in [0.25, 0.3) is 15.0 Å². The van der Waals surface area contributed by atoms with E-state index in [1.165, 1.54) is 42.5 Å². The third kappa shape index (κ3) is 6.86. The minimum Gasteiger partial charge on any atom is -0.476 e. The number of hydrogen-bond acceptors (Lipinski definition) is 5. The molecule has 0 heterocycles. The zero-order valence-corrected chi connectivity index (χ0v) is 19.5. The lowest BCUT2D eigenvalue weighted by Crippen LogP contribution is -2.27. The second-order valence-electron chi connectivity index (χ2n) is 7.44. The predicted molar refractivity (Wildman–Crippen MR) is 121 cm³/mol. The summed E-state index contributed by atoms with van der Waals surface area (Å²) in [5.74, 6) is -2.30. The van der Waals surface area contributed by atoms with Gasteiger partial charge in [-0.05, 0) is 66.1 Å². The summed E-state index contributed by atoms with van der Waals surface area (Å²) in [6.07, 6.45) is -6.08. The molecule has 0 aliphatic rings. The van der Waals surface area contributed by atoms with Gasteiger partial charge in [-0.15, -0.1) is 0 Å². The van der Waals surface area contributed by atoms with Crippen LogP contribution in [0.3, 0.4) is 0 Å². The number of amides is 1. The molecule has 0 aromatic heterocycles. The molecule has 0 radical (unpaired) electrons. The van der Waals surface area contributed by atoms with Crippen LogP contribution in [-0.4, -0.2) is 20.3 Å². The van der Waals surface area contributed by atoms with Crippen LogP contribution in [-0.2, 0) is 20.0 Å². The molecule has 0 saturated carbocycles. The lowest BCUT2D eigenvalue weighted by molar-refractivity contribution is -0.137. The summed E-state index contributed by atoms with van der Waals surface area (Å²) in [6.45, 7) is 1.58. The maximum atomic E-state index is 14.6. The third-order valence-corrected chi connectivity index (χ3v) is 5.50. The Morgan fingerprint density at radius 2 is 1.66 bits per heavy atom. The van der Waals surface area contributed by atoms with E-state index in [4.69, 9.17) is 25.9 Å². The Morgan fingerprint density at radius 3 is 2.20 bits per heavy atom. The van der Waals surface area contributed by atoms with Gasteiger partial charge in [-0.3, -0.25) is 4.79 Å². The van der Waals surface area contributed by atoms with Crippen LogP contribution in [0.4, 0.5) is 17.6 Å². The second-order valence-corrected chi connectivity index (χ2v) is 10.2. The summed E-state index contributed by atoms with van der Waals surface area (Å²) in [5, 5.41) is 0. The van der Waals surface area contributed by atoms with Gasteiger partial charge < -0.3 is 15.2 Å². The first-order valence-electron chi connectivity index (χ1n) is 9.83. The van der Waals surface area contributed by atoms with Crippen LogP contribution >= 0.6 is 10.7 Å². The number of aryl methyl sites for hydroxylation is 1. The van der Waals surface area contributed by atoms with Crippen LogP contribution in [0.25, 0.3) is 11.1 Å². The van der Waals surface area contributed by atoms with Gasteiger partial charge in [-0.25, -0.2) is 12.8 Å². The highest BCUT2D eigenvalue weighted by Gasteiger charge is 2.30. The molecule has 2 N–H and O–H groups in total. The largest absolute Gasteiger partial charge is 0.476 e. The van der Waals surface area contributed by atoms with E-state index in [1.807, 2.05) is 0 Å². The number of alkyl halides is 3. The first-order valence-corrected chi connectivity index (χ1v) is 12.3. The molecule has 1 atom stereocenters. The molecule has 0 bridgehead atoms. The first-order chi connectivity index (χ1) is 16.2. The number of benzene rings is 3. The average molecular weight is 532 g/mol. The SMILES string of the molecule is Cc1cc(OC(C(N)=O)c2cc(-c3ccc(C(F)(F)F)cc3)ccc2F)ccc1OCS(=O)(=O)Cl. The van der Waals surface area contributed by atoms with E-state index in [-0.39, 0.29) is 17.1 Å². The molecule has 0 fully saturated rings. The summed E-state index contributed by atoms with van der Waals surface area (Å²) >= 11 is 0. The highest BCUT2D eigenvalue weighted by molar-refractivity contribution is 8.13. The maximum absolute atomic E-state index is 14.6. The normalized spacial score (nSPS) is 12.7. The molecule has 0 aliphatic carbocycles. The van der Waals surface area contributed by atoms with Crippen LogP contribution in [0.15, 0.2) is 60.7 Å². The molecule has 6 nitrogen and oxygen atoms in total. The molecule has 186 valence electrons. The summed E-state index contributed by atoms with van der Waals surface area (Å²) in [5.41, 5.74) is 5.51. The van der Waals surface area contributed by atoms with Crippen LogP contribution in [0.1, 0.15) is 22.8 Å². The minimum absolute atomic E-state index is 0.103. The monoisotopic (exact) mass is 531 g/mol. The Labute approximate surface area is 202 Å². The highest BCUT2D eigenvalue weighted by Crippen LogP contribution is 2.33. The van der Waals surface area contributed by atoms with Gasteiger partial charge in [0.2, 0.25) is 12.0 Å². The molecule has 1 unspecified atom stereocenters. The number of carbonyl (C=O) groups excluding carboxylic acids is 1. The van der Waals surface area contributed by atoms with Gasteiger partial charge in [0.1, 0.15) is 17.3 Å². The number of rotatable bonds is 8. The van der Waals surface area contributed by atoms with Gasteiger partial charge in [-0.1, -0.05) is 18.2 Å². The summed E-state index contributed by atoms with van der Waals surface area (Å²) in [7, 11) is 1.23. The van der Waals surface area contributed by atoms with Crippen molar-refractivity contribution < 1.29 is 40.2 Å². The maximum Gasteiger partial charge on any atom is 0.416 e. The van der Waals surface area contributed by atoms with E-state index in [0.717, 1.165) is 18.2 Å². The zero-order valence-electron chi connectivity index (χ0n) is 18.0. The summed E-state index contributed by atoms with van der Waals surface area (Å²) < 4.78 is 86.0. The van der Waals surface area contributed by atoms with Crippen molar-refractivity contribution in [1.29, 1.82) is 0 Å². The van der Waals surface area contributed by atoms with Crippen LogP contribution in [0.2, 0.25) is 0 Å². The number of carbonyl (C=O) groups is 1. The Morgan fingerprint density at radius 1 is 1.03 bits per heavy atom. The zero-order chi connectivity index (χ0) is 26.0. The molecule has 0 aliphatic heterocycles. The van der Waals surface area contributed by atoms with Crippen LogP contribution in [0, 0.1) is 12.7 Å². The highest BCUT2D eigenvalue weighted by atomic mass is 35.7. The van der Waals surface area contributed by atoms with Crippen molar-refractivity contribution in [3.05, 3.63) is 83.2 Å². The molecule has 0 spiro atoms. The van der Waals surface area contributed by atoms with Crippen molar-refractivity contribution in [2.75, 3.05) is 5.94 Å². The molecule has 3 aromatic rings. The number of hydrogen-bond donors (Lipinski definition) is 1. The van der Waals surface area contributed by atoms with Crippen molar-refractivity contribution in [2.45, 2.75) is 19.2 Å². The lowest BCUT2D eigenvalue weighted by Gasteiger charge is -2.19. The van der Waals surface area contributed by atoms with Gasteiger partial charge in [-0.2, -0.15) is 13.2 Å².